The van der Waals surface area contributed by atoms with Gasteiger partial charge in [0.2, 0.25) is 15.0 Å². The predicted octanol–water partition coefficient (Wildman–Crippen LogP) is 8.77. The fraction of sp³-hybridized carbons (Fsp3) is 0.548. The SMILES string of the molecule is CC(C)(C)[Si](C)(C)O[C@@H](/C=C/[C@H]1CC[C@@H]1CS(=O)(=O)c1ncccn1)[C@@H]1CC[C@H]1CN1CC2(CCCc3cc(Cl)ccc32)COc2ccc(C(=O)O)cc21. The Morgan fingerprint density at radius 2 is 1.87 bits per heavy atom. The highest BCUT2D eigenvalue weighted by molar-refractivity contribution is 7.91. The number of aromatic nitrogens is 2. The summed E-state index contributed by atoms with van der Waals surface area (Å²) in [5.41, 5.74) is 3.36. The van der Waals surface area contributed by atoms with Crippen LogP contribution in [0, 0.1) is 23.7 Å². The Balaban J connectivity index is 1.17. The number of hydrogen-bond donors (Lipinski definition) is 1. The molecule has 3 aromatic rings. The molecule has 12 heteroatoms. The topological polar surface area (TPSA) is 119 Å². The maximum atomic E-state index is 13.2. The number of hydrogen-bond acceptors (Lipinski definition) is 8. The number of fused-ring (bicyclic) bond motifs is 3. The van der Waals surface area contributed by atoms with Crippen LogP contribution in [-0.4, -0.2) is 69.3 Å². The Morgan fingerprint density at radius 1 is 1.11 bits per heavy atom. The minimum atomic E-state index is -3.58. The zero-order chi connectivity index (χ0) is 38.5. The Labute approximate surface area is 326 Å². The molecule has 1 spiro atoms. The summed E-state index contributed by atoms with van der Waals surface area (Å²) in [6.07, 6.45) is 14.2. The molecule has 6 atom stereocenters. The van der Waals surface area contributed by atoms with Gasteiger partial charge in [0, 0.05) is 35.9 Å². The monoisotopic (exact) mass is 791 g/mol. The van der Waals surface area contributed by atoms with Crippen molar-refractivity contribution in [1.82, 2.24) is 9.97 Å². The maximum Gasteiger partial charge on any atom is 0.335 e. The van der Waals surface area contributed by atoms with Crippen LogP contribution in [0.2, 0.25) is 23.2 Å². The fourth-order valence-electron chi connectivity index (χ4n) is 8.68. The molecule has 2 heterocycles. The smallest absolute Gasteiger partial charge is 0.335 e. The summed E-state index contributed by atoms with van der Waals surface area (Å²) in [6, 6.07) is 13.1. The number of allylic oxidation sites excluding steroid dienone is 1. The average Bonchev–Trinajstić information content (AvgIpc) is 3.25. The van der Waals surface area contributed by atoms with Crippen LogP contribution in [0.15, 0.2) is 72.2 Å². The van der Waals surface area contributed by atoms with Crippen LogP contribution >= 0.6 is 11.6 Å². The van der Waals surface area contributed by atoms with Gasteiger partial charge in [-0.3, -0.25) is 0 Å². The zero-order valence-corrected chi connectivity index (χ0v) is 34.7. The molecule has 7 rings (SSSR count). The van der Waals surface area contributed by atoms with Crippen LogP contribution in [0.3, 0.4) is 0 Å². The molecule has 1 aliphatic heterocycles. The molecule has 54 heavy (non-hydrogen) atoms. The molecule has 2 aromatic carbocycles. The van der Waals surface area contributed by atoms with Crippen LogP contribution < -0.4 is 9.64 Å². The lowest BCUT2D eigenvalue weighted by Crippen LogP contribution is -2.52. The quantitative estimate of drug-likeness (QED) is 0.116. The Morgan fingerprint density at radius 3 is 2.54 bits per heavy atom. The first-order chi connectivity index (χ1) is 25.6. The normalized spacial score (nSPS) is 26.2. The Bertz CT molecular complexity index is 2000. The van der Waals surface area contributed by atoms with Crippen molar-refractivity contribution in [3.63, 3.8) is 0 Å². The van der Waals surface area contributed by atoms with E-state index in [-0.39, 0.29) is 50.8 Å². The van der Waals surface area contributed by atoms with E-state index in [2.05, 4.69) is 73.0 Å². The third kappa shape index (κ3) is 7.88. The highest BCUT2D eigenvalue weighted by Gasteiger charge is 2.47. The number of ether oxygens (including phenoxy) is 1. The molecule has 0 amide bonds. The van der Waals surface area contributed by atoms with Gasteiger partial charge in [-0.1, -0.05) is 50.6 Å². The summed E-state index contributed by atoms with van der Waals surface area (Å²) < 4.78 is 40.2. The number of aryl methyl sites for hydroxylation is 1. The second-order valence-electron chi connectivity index (χ2n) is 17.6. The third-order valence-electron chi connectivity index (χ3n) is 13.2. The molecule has 1 unspecified atom stereocenters. The van der Waals surface area contributed by atoms with Crippen molar-refractivity contribution in [3.05, 3.63) is 88.7 Å². The van der Waals surface area contributed by atoms with Crippen LogP contribution in [0.4, 0.5) is 5.69 Å². The number of aromatic carboxylic acids is 1. The van der Waals surface area contributed by atoms with Gasteiger partial charge in [-0.05, 0) is 134 Å². The molecular formula is C42H54ClN3O6SSi. The number of carboxylic acid groups (broad SMARTS) is 1. The molecule has 3 aliphatic carbocycles. The summed E-state index contributed by atoms with van der Waals surface area (Å²) in [7, 11) is -5.78. The van der Waals surface area contributed by atoms with Crippen LogP contribution in [0.25, 0.3) is 0 Å². The molecule has 0 saturated heterocycles. The molecule has 1 N–H and O–H groups in total. The fourth-order valence-corrected chi connectivity index (χ4v) is 11.7. The van der Waals surface area contributed by atoms with Crippen LogP contribution in [0.1, 0.15) is 80.8 Å². The van der Waals surface area contributed by atoms with Gasteiger partial charge in [0.1, 0.15) is 5.75 Å². The van der Waals surface area contributed by atoms with E-state index in [0.29, 0.717) is 19.1 Å². The van der Waals surface area contributed by atoms with E-state index in [0.717, 1.165) is 68.0 Å². The van der Waals surface area contributed by atoms with Crippen molar-refractivity contribution in [2.75, 3.05) is 30.3 Å². The van der Waals surface area contributed by atoms with Crippen molar-refractivity contribution in [1.29, 1.82) is 0 Å². The van der Waals surface area contributed by atoms with E-state index in [4.69, 9.17) is 20.8 Å². The summed E-state index contributed by atoms with van der Waals surface area (Å²) >= 11 is 6.48. The number of carbonyl (C=O) groups is 1. The lowest BCUT2D eigenvalue weighted by atomic mass is 9.68. The van der Waals surface area contributed by atoms with Crippen LogP contribution in [-0.2, 0) is 26.1 Å². The first-order valence-electron chi connectivity index (χ1n) is 19.5. The molecule has 0 radical (unpaired) electrons. The van der Waals surface area contributed by atoms with Gasteiger partial charge < -0.3 is 19.2 Å². The number of halogens is 1. The van der Waals surface area contributed by atoms with Crippen molar-refractivity contribution in [2.24, 2.45) is 23.7 Å². The third-order valence-corrected chi connectivity index (χ3v) is 19.5. The summed E-state index contributed by atoms with van der Waals surface area (Å²) in [5, 5.41) is 10.7. The second-order valence-corrected chi connectivity index (χ2v) is 24.8. The predicted molar refractivity (Wildman–Crippen MR) is 215 cm³/mol. The number of benzene rings is 2. The van der Waals surface area contributed by atoms with Crippen molar-refractivity contribution in [3.8, 4) is 5.75 Å². The van der Waals surface area contributed by atoms with E-state index >= 15 is 0 Å². The lowest BCUT2D eigenvalue weighted by Gasteiger charge is -2.48. The van der Waals surface area contributed by atoms with E-state index in [1.807, 2.05) is 12.1 Å². The molecule has 4 aliphatic rings. The molecule has 2 saturated carbocycles. The van der Waals surface area contributed by atoms with Crippen molar-refractivity contribution >= 4 is 41.4 Å². The minimum Gasteiger partial charge on any atom is -0.490 e. The van der Waals surface area contributed by atoms with E-state index < -0.39 is 24.1 Å². The summed E-state index contributed by atoms with van der Waals surface area (Å²) in [6.45, 7) is 13.4. The van der Waals surface area contributed by atoms with E-state index in [1.165, 1.54) is 23.5 Å². The first kappa shape index (κ1) is 39.0. The van der Waals surface area contributed by atoms with Gasteiger partial charge in [0.15, 0.2) is 8.32 Å². The van der Waals surface area contributed by atoms with Gasteiger partial charge >= 0.3 is 5.97 Å². The average molecular weight is 793 g/mol. The largest absolute Gasteiger partial charge is 0.490 e. The van der Waals surface area contributed by atoms with E-state index in [9.17, 15) is 18.3 Å². The lowest BCUT2D eigenvalue weighted by molar-refractivity contribution is 0.0519. The van der Waals surface area contributed by atoms with Gasteiger partial charge in [-0.2, -0.15) is 0 Å². The minimum absolute atomic E-state index is 0.0129. The molecule has 9 nitrogen and oxygen atoms in total. The van der Waals surface area contributed by atoms with Gasteiger partial charge in [0.05, 0.1) is 29.7 Å². The molecule has 290 valence electrons. The van der Waals surface area contributed by atoms with Crippen molar-refractivity contribution in [2.45, 2.75) is 101 Å². The number of nitrogens with zero attached hydrogens (tertiary/aromatic N) is 3. The van der Waals surface area contributed by atoms with Gasteiger partial charge in [-0.25, -0.2) is 23.2 Å². The van der Waals surface area contributed by atoms with Crippen molar-refractivity contribution < 1.29 is 27.5 Å². The summed E-state index contributed by atoms with van der Waals surface area (Å²) in [5.74, 6) is 0.536. The Kier molecular flexibility index (Phi) is 10.8. The van der Waals surface area contributed by atoms with Crippen LogP contribution in [0.5, 0.6) is 5.75 Å². The highest BCUT2D eigenvalue weighted by atomic mass is 35.5. The van der Waals surface area contributed by atoms with E-state index in [1.54, 1.807) is 18.2 Å². The van der Waals surface area contributed by atoms with Gasteiger partial charge in [0.25, 0.3) is 0 Å². The molecular weight excluding hydrogens is 738 g/mol. The molecule has 2 fully saturated rings. The number of carboxylic acids is 1. The standard InChI is InChI=1S/C42H54ClN3O6SSi/c1-41(2,3)54(4,5)52-37(17-12-28-9-10-32(28)25-53(49,50)40-44-20-7-21-45-40)34-15-11-31(34)24-46-26-42(19-6-8-29-22-33(43)14-16-35(29)42)27-51-38-18-13-30(39(47)48)23-36(38)46/h7,12-14,16-18,20-23,28,31-32,34,37H,6,8-11,15,19,24-27H2,1-5H3,(H,47,48)/b17-12+/t28-,31+,32-,34-,37+,42?/m1/s1. The summed E-state index contributed by atoms with van der Waals surface area (Å²) in [4.78, 5) is 22.7. The number of anilines is 1. The molecule has 1 aromatic heterocycles. The maximum absolute atomic E-state index is 13.2. The number of sulfone groups is 1. The first-order valence-corrected chi connectivity index (χ1v) is 24.4. The number of rotatable bonds is 11. The molecule has 0 bridgehead atoms. The second kappa shape index (κ2) is 15.0. The highest BCUT2D eigenvalue weighted by Crippen LogP contribution is 2.49. The zero-order valence-electron chi connectivity index (χ0n) is 32.1. The Hall–Kier alpha value is -3.25. The van der Waals surface area contributed by atoms with Gasteiger partial charge in [-0.15, -0.1) is 0 Å².